The summed E-state index contributed by atoms with van der Waals surface area (Å²) in [7, 11) is 0. The maximum Gasteiger partial charge on any atom is 0.253 e. The Morgan fingerprint density at radius 1 is 1.00 bits per heavy atom. The van der Waals surface area contributed by atoms with Gasteiger partial charge < -0.3 is 20.1 Å². The molecule has 2 heterocycles. The van der Waals surface area contributed by atoms with Crippen LogP contribution >= 0.6 is 0 Å². The predicted octanol–water partition coefficient (Wildman–Crippen LogP) is 3.53. The molecule has 0 radical (unpaired) electrons. The number of hydrogen-bond acceptors (Lipinski definition) is 5. The Hall–Kier alpha value is -3.61. The molecule has 0 bridgehead atoms. The molecule has 0 unspecified atom stereocenters. The predicted molar refractivity (Wildman–Crippen MR) is 107 cm³/mol. The minimum atomic E-state index is -0.245. The van der Waals surface area contributed by atoms with Crippen LogP contribution in [0.4, 0.5) is 10.1 Å². The molecule has 1 aliphatic heterocycles. The zero-order valence-electron chi connectivity index (χ0n) is 15.7. The van der Waals surface area contributed by atoms with Gasteiger partial charge in [0.1, 0.15) is 5.82 Å². The number of benzene rings is 2. The number of pyridine rings is 1. The summed E-state index contributed by atoms with van der Waals surface area (Å²) in [6, 6.07) is 13.7. The van der Waals surface area contributed by atoms with Crippen LogP contribution < -0.4 is 20.1 Å². The molecule has 1 aliphatic rings. The third-order valence-corrected chi connectivity index (χ3v) is 4.55. The number of nitrogens with zero attached hydrogens (tertiary/aromatic N) is 1. The minimum absolute atomic E-state index is 0.211. The quantitative estimate of drug-likeness (QED) is 0.643. The second kappa shape index (κ2) is 8.60. The molecule has 1 amide bonds. The van der Waals surface area contributed by atoms with Gasteiger partial charge in [0.25, 0.3) is 5.91 Å². The van der Waals surface area contributed by atoms with Gasteiger partial charge in [0, 0.05) is 25.5 Å². The zero-order valence-corrected chi connectivity index (χ0v) is 15.7. The van der Waals surface area contributed by atoms with Crippen molar-refractivity contribution in [2.45, 2.75) is 13.0 Å². The largest absolute Gasteiger partial charge is 0.454 e. The number of halogens is 1. The lowest BCUT2D eigenvalue weighted by Crippen LogP contribution is -2.23. The summed E-state index contributed by atoms with van der Waals surface area (Å²) in [6.07, 6.45) is 3.93. The number of rotatable bonds is 7. The van der Waals surface area contributed by atoms with E-state index in [0.29, 0.717) is 30.2 Å². The summed E-state index contributed by atoms with van der Waals surface area (Å²) in [5, 5.41) is 6.12. The molecule has 2 aromatic carbocycles. The number of carbonyl (C=O) groups is 1. The van der Waals surface area contributed by atoms with Crippen molar-refractivity contribution in [1.82, 2.24) is 10.3 Å². The molecule has 7 heteroatoms. The number of anilines is 1. The molecule has 0 saturated carbocycles. The van der Waals surface area contributed by atoms with E-state index >= 15 is 0 Å². The van der Waals surface area contributed by atoms with Gasteiger partial charge in [0.05, 0.1) is 11.3 Å². The zero-order chi connectivity index (χ0) is 20.1. The van der Waals surface area contributed by atoms with Crippen molar-refractivity contribution in [1.29, 1.82) is 0 Å². The van der Waals surface area contributed by atoms with E-state index in [1.54, 1.807) is 24.4 Å². The summed E-state index contributed by atoms with van der Waals surface area (Å²) < 4.78 is 23.6. The van der Waals surface area contributed by atoms with Gasteiger partial charge in [-0.1, -0.05) is 18.2 Å². The Kier molecular flexibility index (Phi) is 5.56. The Morgan fingerprint density at radius 2 is 1.79 bits per heavy atom. The summed E-state index contributed by atoms with van der Waals surface area (Å²) in [6.45, 7) is 1.24. The van der Waals surface area contributed by atoms with E-state index in [1.807, 2.05) is 18.2 Å². The summed E-state index contributed by atoms with van der Waals surface area (Å²) in [5.74, 6) is 0.942. The van der Waals surface area contributed by atoms with Crippen LogP contribution in [0.1, 0.15) is 21.5 Å². The van der Waals surface area contributed by atoms with Gasteiger partial charge in [-0.2, -0.15) is 0 Å². The van der Waals surface area contributed by atoms with E-state index in [9.17, 15) is 9.18 Å². The Morgan fingerprint density at radius 3 is 2.66 bits per heavy atom. The number of nitrogens with one attached hydrogen (secondary N) is 2. The number of amides is 1. The van der Waals surface area contributed by atoms with Gasteiger partial charge in [0.15, 0.2) is 11.5 Å². The van der Waals surface area contributed by atoms with Crippen LogP contribution in [0.25, 0.3) is 0 Å². The normalized spacial score (nSPS) is 11.9. The molecular formula is C22H20FN3O3. The highest BCUT2D eigenvalue weighted by Crippen LogP contribution is 2.32. The summed E-state index contributed by atoms with van der Waals surface area (Å²) in [4.78, 5) is 16.6. The lowest BCUT2D eigenvalue weighted by Gasteiger charge is -2.09. The first-order chi connectivity index (χ1) is 14.2. The lowest BCUT2D eigenvalue weighted by molar-refractivity contribution is 0.0950. The van der Waals surface area contributed by atoms with Crippen molar-refractivity contribution in [2.24, 2.45) is 0 Å². The smallest absolute Gasteiger partial charge is 0.253 e. The molecule has 0 saturated heterocycles. The summed E-state index contributed by atoms with van der Waals surface area (Å²) in [5.41, 5.74) is 3.17. The minimum Gasteiger partial charge on any atom is -0.454 e. The van der Waals surface area contributed by atoms with Crippen LogP contribution in [-0.2, 0) is 13.0 Å². The standard InChI is InChI=1S/C22H20FN3O3/c23-18-4-1-15(2-5-18)7-8-25-19-10-17(12-24-13-19)22(27)26-11-16-3-6-20-21(9-16)29-14-28-20/h1-6,9-10,12-13,25H,7-8,11,14H2,(H,26,27). The van der Waals surface area contributed by atoms with Gasteiger partial charge in [-0.05, 0) is 47.9 Å². The number of aromatic nitrogens is 1. The van der Waals surface area contributed by atoms with Crippen LogP contribution in [0.5, 0.6) is 11.5 Å². The highest BCUT2D eigenvalue weighted by atomic mass is 19.1. The highest BCUT2D eigenvalue weighted by molar-refractivity contribution is 5.94. The molecule has 148 valence electrons. The van der Waals surface area contributed by atoms with Gasteiger partial charge >= 0.3 is 0 Å². The second-order valence-corrected chi connectivity index (χ2v) is 6.64. The van der Waals surface area contributed by atoms with Crippen LogP contribution in [0, 0.1) is 5.82 Å². The fraction of sp³-hybridized carbons (Fsp3) is 0.182. The molecule has 2 N–H and O–H groups in total. The molecule has 0 aliphatic carbocycles. The highest BCUT2D eigenvalue weighted by Gasteiger charge is 2.14. The maximum absolute atomic E-state index is 12.9. The fourth-order valence-electron chi connectivity index (χ4n) is 3.00. The average Bonchev–Trinajstić information content (AvgIpc) is 3.21. The van der Waals surface area contributed by atoms with E-state index in [0.717, 1.165) is 23.2 Å². The van der Waals surface area contributed by atoms with E-state index in [-0.39, 0.29) is 18.5 Å². The van der Waals surface area contributed by atoms with Crippen molar-refractivity contribution in [3.05, 3.63) is 83.4 Å². The monoisotopic (exact) mass is 393 g/mol. The van der Waals surface area contributed by atoms with Crippen LogP contribution in [0.2, 0.25) is 0 Å². The number of ether oxygens (including phenoxy) is 2. The Balaban J connectivity index is 1.30. The van der Waals surface area contributed by atoms with E-state index in [4.69, 9.17) is 9.47 Å². The molecule has 0 fully saturated rings. The molecule has 4 rings (SSSR count). The molecule has 1 aromatic heterocycles. The van der Waals surface area contributed by atoms with E-state index in [1.165, 1.54) is 18.3 Å². The van der Waals surface area contributed by atoms with E-state index in [2.05, 4.69) is 15.6 Å². The number of carbonyl (C=O) groups excluding carboxylic acids is 1. The first-order valence-electron chi connectivity index (χ1n) is 9.27. The van der Waals surface area contributed by atoms with Crippen molar-refractivity contribution in [2.75, 3.05) is 18.7 Å². The summed E-state index contributed by atoms with van der Waals surface area (Å²) >= 11 is 0. The van der Waals surface area contributed by atoms with Gasteiger partial charge in [0.2, 0.25) is 6.79 Å². The molecule has 0 spiro atoms. The molecule has 6 nitrogen and oxygen atoms in total. The van der Waals surface area contributed by atoms with Gasteiger partial charge in [-0.3, -0.25) is 9.78 Å². The van der Waals surface area contributed by atoms with Crippen LogP contribution in [-0.4, -0.2) is 24.2 Å². The second-order valence-electron chi connectivity index (χ2n) is 6.64. The Bertz CT molecular complexity index is 1010. The topological polar surface area (TPSA) is 72.5 Å². The fourth-order valence-corrected chi connectivity index (χ4v) is 3.00. The van der Waals surface area contributed by atoms with Crippen molar-refractivity contribution in [3.63, 3.8) is 0 Å². The van der Waals surface area contributed by atoms with Crippen molar-refractivity contribution < 1.29 is 18.7 Å². The van der Waals surface area contributed by atoms with Crippen LogP contribution in [0.3, 0.4) is 0 Å². The number of hydrogen-bond donors (Lipinski definition) is 2. The lowest BCUT2D eigenvalue weighted by atomic mass is 10.1. The number of fused-ring (bicyclic) bond motifs is 1. The van der Waals surface area contributed by atoms with Crippen molar-refractivity contribution >= 4 is 11.6 Å². The van der Waals surface area contributed by atoms with E-state index < -0.39 is 0 Å². The van der Waals surface area contributed by atoms with Gasteiger partial charge in [-0.15, -0.1) is 0 Å². The first-order valence-corrected chi connectivity index (χ1v) is 9.27. The average molecular weight is 393 g/mol. The first kappa shape index (κ1) is 18.7. The Labute approximate surface area is 167 Å². The molecule has 0 atom stereocenters. The molecule has 29 heavy (non-hydrogen) atoms. The third-order valence-electron chi connectivity index (χ3n) is 4.55. The third kappa shape index (κ3) is 4.82. The van der Waals surface area contributed by atoms with Gasteiger partial charge in [-0.25, -0.2) is 4.39 Å². The van der Waals surface area contributed by atoms with Crippen LogP contribution in [0.15, 0.2) is 60.9 Å². The van der Waals surface area contributed by atoms with Crippen molar-refractivity contribution in [3.8, 4) is 11.5 Å². The SMILES string of the molecule is O=C(NCc1ccc2c(c1)OCO2)c1cncc(NCCc2ccc(F)cc2)c1. The molecule has 3 aromatic rings. The molecular weight excluding hydrogens is 373 g/mol. The maximum atomic E-state index is 12.9.